The van der Waals surface area contributed by atoms with Gasteiger partial charge in [0.15, 0.2) is 5.82 Å². The summed E-state index contributed by atoms with van der Waals surface area (Å²) in [7, 11) is 0. The smallest absolute Gasteiger partial charge is 0.256 e. The van der Waals surface area contributed by atoms with Crippen molar-refractivity contribution in [1.82, 2.24) is 15.0 Å². The van der Waals surface area contributed by atoms with E-state index in [-0.39, 0.29) is 5.91 Å². The van der Waals surface area contributed by atoms with Gasteiger partial charge in [0.1, 0.15) is 0 Å². The SMILES string of the molecule is Nc1cccnc1NC(=O)c1ccc2nccnc2c1. The predicted octanol–water partition coefficient (Wildman–Crippen LogP) is 1.86. The number of anilines is 2. The van der Waals surface area contributed by atoms with Crippen LogP contribution in [0.15, 0.2) is 48.9 Å². The number of nitrogens with two attached hydrogens (primary N) is 1. The molecule has 3 aromatic rings. The third kappa shape index (κ3) is 2.26. The summed E-state index contributed by atoms with van der Waals surface area (Å²) < 4.78 is 0. The van der Waals surface area contributed by atoms with Gasteiger partial charge in [0.25, 0.3) is 5.91 Å². The van der Waals surface area contributed by atoms with Crippen molar-refractivity contribution >= 4 is 28.4 Å². The first-order valence-corrected chi connectivity index (χ1v) is 5.96. The number of pyridine rings is 1. The summed E-state index contributed by atoms with van der Waals surface area (Å²) in [5.41, 5.74) is 8.03. The molecule has 0 bridgehead atoms. The molecule has 3 N–H and O–H groups in total. The van der Waals surface area contributed by atoms with Gasteiger partial charge in [-0.2, -0.15) is 0 Å². The molecule has 0 aliphatic carbocycles. The molecule has 0 unspecified atom stereocenters. The van der Waals surface area contributed by atoms with E-state index in [4.69, 9.17) is 5.73 Å². The Bertz CT molecular complexity index is 787. The molecule has 0 fully saturated rings. The van der Waals surface area contributed by atoms with Gasteiger partial charge in [-0.25, -0.2) is 4.98 Å². The summed E-state index contributed by atoms with van der Waals surface area (Å²) in [6, 6.07) is 8.49. The van der Waals surface area contributed by atoms with Crippen molar-refractivity contribution in [2.45, 2.75) is 0 Å². The minimum atomic E-state index is -0.289. The first-order valence-electron chi connectivity index (χ1n) is 5.96. The minimum Gasteiger partial charge on any atom is -0.396 e. The van der Waals surface area contributed by atoms with Gasteiger partial charge in [-0.15, -0.1) is 0 Å². The van der Waals surface area contributed by atoms with Gasteiger partial charge in [-0.05, 0) is 30.3 Å². The van der Waals surface area contributed by atoms with Crippen LogP contribution in [0, 0.1) is 0 Å². The van der Waals surface area contributed by atoms with E-state index in [1.54, 1.807) is 48.9 Å². The molecule has 98 valence electrons. The Morgan fingerprint density at radius 2 is 1.80 bits per heavy atom. The highest BCUT2D eigenvalue weighted by atomic mass is 16.1. The fourth-order valence-electron chi connectivity index (χ4n) is 1.81. The maximum Gasteiger partial charge on any atom is 0.256 e. The number of benzene rings is 1. The van der Waals surface area contributed by atoms with E-state index in [1.165, 1.54) is 0 Å². The number of fused-ring (bicyclic) bond motifs is 1. The van der Waals surface area contributed by atoms with Crippen LogP contribution in [-0.2, 0) is 0 Å². The quantitative estimate of drug-likeness (QED) is 0.737. The van der Waals surface area contributed by atoms with Crippen molar-refractivity contribution in [2.24, 2.45) is 0 Å². The highest BCUT2D eigenvalue weighted by molar-refractivity contribution is 6.06. The zero-order chi connectivity index (χ0) is 13.9. The fourth-order valence-corrected chi connectivity index (χ4v) is 1.81. The molecule has 0 saturated carbocycles. The molecule has 2 heterocycles. The van der Waals surface area contributed by atoms with Crippen LogP contribution in [0.2, 0.25) is 0 Å². The van der Waals surface area contributed by atoms with E-state index in [1.807, 2.05) is 0 Å². The van der Waals surface area contributed by atoms with Crippen LogP contribution in [0.1, 0.15) is 10.4 Å². The molecule has 20 heavy (non-hydrogen) atoms. The second-order valence-corrected chi connectivity index (χ2v) is 4.16. The molecule has 3 rings (SSSR count). The molecule has 1 amide bonds. The second kappa shape index (κ2) is 4.93. The summed E-state index contributed by atoms with van der Waals surface area (Å²) in [5, 5.41) is 2.67. The Kier molecular flexibility index (Phi) is 2.96. The third-order valence-corrected chi connectivity index (χ3v) is 2.80. The summed E-state index contributed by atoms with van der Waals surface area (Å²) in [4.78, 5) is 24.5. The lowest BCUT2D eigenvalue weighted by atomic mass is 10.2. The monoisotopic (exact) mass is 265 g/mol. The Hall–Kier alpha value is -3.02. The van der Waals surface area contributed by atoms with Crippen LogP contribution >= 0.6 is 0 Å². The van der Waals surface area contributed by atoms with Crippen molar-refractivity contribution in [1.29, 1.82) is 0 Å². The van der Waals surface area contributed by atoms with Gasteiger partial charge in [0.05, 0.1) is 16.7 Å². The number of aromatic nitrogens is 3. The van der Waals surface area contributed by atoms with Gasteiger partial charge in [-0.3, -0.25) is 14.8 Å². The summed E-state index contributed by atoms with van der Waals surface area (Å²) >= 11 is 0. The van der Waals surface area contributed by atoms with E-state index in [0.29, 0.717) is 22.6 Å². The average molecular weight is 265 g/mol. The van der Waals surface area contributed by atoms with Crippen LogP contribution in [-0.4, -0.2) is 20.9 Å². The molecule has 0 aliphatic rings. The predicted molar refractivity (Wildman–Crippen MR) is 76.1 cm³/mol. The van der Waals surface area contributed by atoms with Crippen molar-refractivity contribution in [3.8, 4) is 0 Å². The molecule has 6 heteroatoms. The minimum absolute atomic E-state index is 0.289. The van der Waals surface area contributed by atoms with Crippen LogP contribution < -0.4 is 11.1 Å². The second-order valence-electron chi connectivity index (χ2n) is 4.16. The van der Waals surface area contributed by atoms with Gasteiger partial charge in [-0.1, -0.05) is 0 Å². The Morgan fingerprint density at radius 3 is 2.60 bits per heavy atom. The average Bonchev–Trinajstić information content (AvgIpc) is 2.49. The molecule has 1 aromatic carbocycles. The summed E-state index contributed by atoms with van der Waals surface area (Å²) in [5.74, 6) is 0.0553. The molecule has 0 radical (unpaired) electrons. The molecule has 2 aromatic heterocycles. The number of nitrogens with zero attached hydrogens (tertiary/aromatic N) is 3. The molecule has 0 saturated heterocycles. The molecular weight excluding hydrogens is 254 g/mol. The van der Waals surface area contributed by atoms with E-state index in [2.05, 4.69) is 20.3 Å². The van der Waals surface area contributed by atoms with Gasteiger partial charge in [0.2, 0.25) is 0 Å². The largest absolute Gasteiger partial charge is 0.396 e. The van der Waals surface area contributed by atoms with Gasteiger partial charge >= 0.3 is 0 Å². The van der Waals surface area contributed by atoms with Crippen LogP contribution in [0.5, 0.6) is 0 Å². The molecular formula is C14H11N5O. The van der Waals surface area contributed by atoms with Crippen molar-refractivity contribution in [2.75, 3.05) is 11.1 Å². The maximum atomic E-state index is 12.2. The molecule has 0 atom stereocenters. The van der Waals surface area contributed by atoms with Crippen molar-refractivity contribution in [3.63, 3.8) is 0 Å². The first kappa shape index (κ1) is 12.0. The highest BCUT2D eigenvalue weighted by Gasteiger charge is 2.09. The number of rotatable bonds is 2. The van der Waals surface area contributed by atoms with Crippen molar-refractivity contribution < 1.29 is 4.79 Å². The number of nitrogen functional groups attached to an aromatic ring is 1. The number of amides is 1. The molecule has 0 spiro atoms. The third-order valence-electron chi connectivity index (χ3n) is 2.80. The number of hydrogen-bond donors (Lipinski definition) is 2. The van der Waals surface area contributed by atoms with Crippen LogP contribution in [0.3, 0.4) is 0 Å². The maximum absolute atomic E-state index is 12.2. The molecule has 6 nitrogen and oxygen atoms in total. The lowest BCUT2D eigenvalue weighted by Gasteiger charge is -2.07. The standard InChI is InChI=1S/C14H11N5O/c15-10-2-1-5-18-13(10)19-14(20)9-3-4-11-12(8-9)17-7-6-16-11/h1-8H,15H2,(H,18,19,20). The number of carbonyl (C=O) groups is 1. The fraction of sp³-hybridized carbons (Fsp3) is 0. The van der Waals surface area contributed by atoms with Gasteiger partial charge in [0, 0.05) is 24.2 Å². The van der Waals surface area contributed by atoms with Crippen molar-refractivity contribution in [3.05, 3.63) is 54.5 Å². The van der Waals surface area contributed by atoms with E-state index < -0.39 is 0 Å². The van der Waals surface area contributed by atoms with E-state index in [9.17, 15) is 4.79 Å². The summed E-state index contributed by atoms with van der Waals surface area (Å²) in [6.07, 6.45) is 4.76. The highest BCUT2D eigenvalue weighted by Crippen LogP contribution is 2.16. The Balaban J connectivity index is 1.91. The number of nitrogens with one attached hydrogen (secondary N) is 1. The normalized spacial score (nSPS) is 10.4. The van der Waals surface area contributed by atoms with E-state index >= 15 is 0 Å². The van der Waals surface area contributed by atoms with Crippen LogP contribution in [0.4, 0.5) is 11.5 Å². The lowest BCUT2D eigenvalue weighted by molar-refractivity contribution is 0.102. The Labute approximate surface area is 114 Å². The Morgan fingerprint density at radius 1 is 1.00 bits per heavy atom. The summed E-state index contributed by atoms with van der Waals surface area (Å²) in [6.45, 7) is 0. The zero-order valence-corrected chi connectivity index (χ0v) is 10.4. The first-order chi connectivity index (χ1) is 9.74. The lowest BCUT2D eigenvalue weighted by Crippen LogP contribution is -2.14. The number of hydrogen-bond acceptors (Lipinski definition) is 5. The molecule has 0 aliphatic heterocycles. The van der Waals surface area contributed by atoms with E-state index in [0.717, 1.165) is 5.52 Å². The van der Waals surface area contributed by atoms with Gasteiger partial charge < -0.3 is 11.1 Å². The number of carbonyl (C=O) groups excluding carboxylic acids is 1. The topological polar surface area (TPSA) is 93.8 Å². The zero-order valence-electron chi connectivity index (χ0n) is 10.4. The van der Waals surface area contributed by atoms with Crippen LogP contribution in [0.25, 0.3) is 11.0 Å².